The molecular weight excluding hydrogens is 386 g/mol. The third-order valence-corrected chi connectivity index (χ3v) is 4.86. The SMILES string of the molecule is C=C/C=C(\C=C/C)c1ccc(CC(C[C@@H](C)C(=O)OCC)NC(=C)CCC(=C)O)cc1. The standard InChI is InChI=1S/C27H37NO3/c1-7-10-24(11-8-2)25-16-14-23(15-17-25)19-26(18-20(4)27(30)31-9-3)28-21(5)12-13-22(6)29/h7-8,10-11,14-17,20,26,28-29H,1,5-6,9,12-13,18-19H2,2-4H3/b11-8-,24-10+/t20-,26?/m1/s1. The Balaban J connectivity index is 2.95. The average molecular weight is 424 g/mol. The maximum Gasteiger partial charge on any atom is 0.308 e. The highest BCUT2D eigenvalue weighted by molar-refractivity contribution is 5.75. The van der Waals surface area contributed by atoms with Crippen LogP contribution in [0.5, 0.6) is 0 Å². The minimum absolute atomic E-state index is 0.0171. The van der Waals surface area contributed by atoms with Crippen LogP contribution in [0.1, 0.15) is 51.2 Å². The van der Waals surface area contributed by atoms with Crippen LogP contribution in [-0.4, -0.2) is 23.7 Å². The molecule has 0 fully saturated rings. The van der Waals surface area contributed by atoms with Gasteiger partial charge in [-0.1, -0.05) is 75.2 Å². The average Bonchev–Trinajstić information content (AvgIpc) is 2.72. The number of allylic oxidation sites excluding steroid dienone is 7. The number of hydrogen-bond donors (Lipinski definition) is 2. The van der Waals surface area contributed by atoms with Crippen molar-refractivity contribution in [3.05, 3.63) is 90.9 Å². The lowest BCUT2D eigenvalue weighted by Crippen LogP contribution is -2.34. The number of ether oxygens (including phenoxy) is 1. The Kier molecular flexibility index (Phi) is 11.8. The van der Waals surface area contributed by atoms with Gasteiger partial charge in [-0.2, -0.15) is 0 Å². The van der Waals surface area contributed by atoms with Crippen molar-refractivity contribution < 1.29 is 14.6 Å². The second-order valence-electron chi connectivity index (χ2n) is 7.66. The number of esters is 1. The third-order valence-electron chi connectivity index (χ3n) is 4.86. The minimum atomic E-state index is -0.228. The molecular formula is C27H37NO3. The molecule has 2 N–H and O–H groups in total. The van der Waals surface area contributed by atoms with Gasteiger partial charge in [-0.15, -0.1) is 0 Å². The van der Waals surface area contributed by atoms with Gasteiger partial charge in [-0.05, 0) is 49.8 Å². The zero-order valence-corrected chi connectivity index (χ0v) is 19.2. The molecule has 0 aliphatic carbocycles. The van der Waals surface area contributed by atoms with E-state index in [2.05, 4.69) is 55.4 Å². The normalized spacial score (nSPS) is 13.5. The van der Waals surface area contributed by atoms with E-state index >= 15 is 0 Å². The first-order chi connectivity index (χ1) is 14.8. The van der Waals surface area contributed by atoms with Gasteiger partial charge in [0.2, 0.25) is 0 Å². The van der Waals surface area contributed by atoms with Crippen LogP contribution in [0.4, 0.5) is 0 Å². The molecule has 168 valence electrons. The van der Waals surface area contributed by atoms with Crippen molar-refractivity contribution in [2.75, 3.05) is 6.61 Å². The highest BCUT2D eigenvalue weighted by Gasteiger charge is 2.21. The van der Waals surface area contributed by atoms with Crippen LogP contribution in [0.25, 0.3) is 5.57 Å². The van der Waals surface area contributed by atoms with Crippen molar-refractivity contribution in [3.8, 4) is 0 Å². The lowest BCUT2D eigenvalue weighted by Gasteiger charge is -2.24. The molecule has 0 heterocycles. The third kappa shape index (κ3) is 10.0. The Hall–Kier alpha value is -3.01. The van der Waals surface area contributed by atoms with Gasteiger partial charge in [0, 0.05) is 18.2 Å². The summed E-state index contributed by atoms with van der Waals surface area (Å²) in [5, 5.41) is 12.8. The first-order valence-corrected chi connectivity index (χ1v) is 10.8. The summed E-state index contributed by atoms with van der Waals surface area (Å²) in [6.07, 6.45) is 10.3. The number of nitrogens with one attached hydrogen (secondary N) is 1. The van der Waals surface area contributed by atoms with E-state index in [0.717, 1.165) is 28.8 Å². The van der Waals surface area contributed by atoms with E-state index in [1.807, 2.05) is 32.9 Å². The second kappa shape index (κ2) is 14.1. The maximum atomic E-state index is 12.1. The van der Waals surface area contributed by atoms with E-state index in [4.69, 9.17) is 4.74 Å². The summed E-state index contributed by atoms with van der Waals surface area (Å²) in [5.41, 5.74) is 4.21. The summed E-state index contributed by atoms with van der Waals surface area (Å²) in [6.45, 7) is 17.5. The molecule has 31 heavy (non-hydrogen) atoms. The van der Waals surface area contributed by atoms with Gasteiger partial charge in [0.05, 0.1) is 18.3 Å². The van der Waals surface area contributed by atoms with Crippen molar-refractivity contribution >= 4 is 11.5 Å². The first kappa shape index (κ1) is 26.0. The number of carbonyl (C=O) groups is 1. The number of carbonyl (C=O) groups excluding carboxylic acids is 1. The van der Waals surface area contributed by atoms with Gasteiger partial charge >= 0.3 is 5.97 Å². The number of aliphatic hydroxyl groups excluding tert-OH is 1. The van der Waals surface area contributed by atoms with E-state index in [1.54, 1.807) is 6.08 Å². The van der Waals surface area contributed by atoms with Crippen LogP contribution in [-0.2, 0) is 16.0 Å². The van der Waals surface area contributed by atoms with Crippen LogP contribution in [0.3, 0.4) is 0 Å². The van der Waals surface area contributed by atoms with E-state index in [1.165, 1.54) is 0 Å². The minimum Gasteiger partial charge on any atom is -0.513 e. The molecule has 0 aromatic heterocycles. The molecule has 0 amide bonds. The molecule has 4 heteroatoms. The van der Waals surface area contributed by atoms with E-state index in [0.29, 0.717) is 25.9 Å². The molecule has 2 atom stereocenters. The van der Waals surface area contributed by atoms with Crippen LogP contribution >= 0.6 is 0 Å². The predicted molar refractivity (Wildman–Crippen MR) is 131 cm³/mol. The Labute approximate surface area is 187 Å². The molecule has 0 aliphatic rings. The Bertz CT molecular complexity index is 802. The van der Waals surface area contributed by atoms with Gasteiger partial charge in [-0.25, -0.2) is 0 Å². The van der Waals surface area contributed by atoms with Crippen LogP contribution in [0, 0.1) is 5.92 Å². The topological polar surface area (TPSA) is 58.6 Å². The summed E-state index contributed by atoms with van der Waals surface area (Å²) < 4.78 is 5.17. The number of aliphatic hydroxyl groups is 1. The van der Waals surface area contributed by atoms with Gasteiger partial charge in [0.1, 0.15) is 0 Å². The number of hydrogen-bond acceptors (Lipinski definition) is 4. The monoisotopic (exact) mass is 423 g/mol. The Morgan fingerprint density at radius 2 is 1.90 bits per heavy atom. The van der Waals surface area contributed by atoms with Gasteiger partial charge in [0.25, 0.3) is 0 Å². The molecule has 0 aliphatic heterocycles. The molecule has 1 aromatic carbocycles. The van der Waals surface area contributed by atoms with Crippen LogP contribution in [0.15, 0.2) is 79.8 Å². The van der Waals surface area contributed by atoms with Crippen molar-refractivity contribution in [2.24, 2.45) is 5.92 Å². The van der Waals surface area contributed by atoms with Gasteiger partial charge in [0.15, 0.2) is 0 Å². The van der Waals surface area contributed by atoms with E-state index in [-0.39, 0.29) is 23.7 Å². The number of rotatable bonds is 14. The molecule has 0 bridgehead atoms. The molecule has 0 saturated heterocycles. The molecule has 0 saturated carbocycles. The molecule has 1 unspecified atom stereocenters. The maximum absolute atomic E-state index is 12.1. The quantitative estimate of drug-likeness (QED) is 0.210. The highest BCUT2D eigenvalue weighted by Crippen LogP contribution is 2.20. The van der Waals surface area contributed by atoms with E-state index in [9.17, 15) is 9.90 Å². The van der Waals surface area contributed by atoms with Crippen molar-refractivity contribution in [3.63, 3.8) is 0 Å². The molecule has 1 rings (SSSR count). The fraction of sp³-hybridized carbons (Fsp3) is 0.370. The lowest BCUT2D eigenvalue weighted by molar-refractivity contribution is -0.147. The molecule has 0 spiro atoms. The zero-order chi connectivity index (χ0) is 23.2. The fourth-order valence-corrected chi connectivity index (χ4v) is 3.33. The van der Waals surface area contributed by atoms with Gasteiger partial charge < -0.3 is 15.2 Å². The second-order valence-corrected chi connectivity index (χ2v) is 7.66. The van der Waals surface area contributed by atoms with Gasteiger partial charge in [-0.3, -0.25) is 4.79 Å². The van der Waals surface area contributed by atoms with Crippen molar-refractivity contribution in [2.45, 2.75) is 52.5 Å². The molecule has 0 radical (unpaired) electrons. The number of benzene rings is 1. The molecule has 4 nitrogen and oxygen atoms in total. The van der Waals surface area contributed by atoms with Crippen LogP contribution < -0.4 is 5.32 Å². The Morgan fingerprint density at radius 3 is 2.45 bits per heavy atom. The van der Waals surface area contributed by atoms with E-state index < -0.39 is 0 Å². The summed E-state index contributed by atoms with van der Waals surface area (Å²) in [5.74, 6) is -0.279. The largest absolute Gasteiger partial charge is 0.513 e. The summed E-state index contributed by atoms with van der Waals surface area (Å²) in [4.78, 5) is 12.1. The fourth-order valence-electron chi connectivity index (χ4n) is 3.33. The summed E-state index contributed by atoms with van der Waals surface area (Å²) >= 11 is 0. The smallest absolute Gasteiger partial charge is 0.308 e. The predicted octanol–water partition coefficient (Wildman–Crippen LogP) is 6.29. The lowest BCUT2D eigenvalue weighted by atomic mass is 9.94. The first-order valence-electron chi connectivity index (χ1n) is 10.8. The van der Waals surface area contributed by atoms with Crippen LogP contribution in [0.2, 0.25) is 0 Å². The Morgan fingerprint density at radius 1 is 1.23 bits per heavy atom. The summed E-state index contributed by atoms with van der Waals surface area (Å²) in [7, 11) is 0. The molecule has 1 aromatic rings. The summed E-state index contributed by atoms with van der Waals surface area (Å²) in [6, 6.07) is 8.43. The zero-order valence-electron chi connectivity index (χ0n) is 19.2. The van der Waals surface area contributed by atoms with Crippen molar-refractivity contribution in [1.82, 2.24) is 5.32 Å². The van der Waals surface area contributed by atoms with Crippen molar-refractivity contribution in [1.29, 1.82) is 0 Å². The highest BCUT2D eigenvalue weighted by atomic mass is 16.5.